The Bertz CT molecular complexity index is 1000. The van der Waals surface area contributed by atoms with E-state index in [1.807, 2.05) is 28.8 Å². The first kappa shape index (κ1) is 15.3. The summed E-state index contributed by atoms with van der Waals surface area (Å²) in [7, 11) is -3.82. The number of hydrogen-bond donors (Lipinski definition) is 0. The minimum Gasteiger partial charge on any atom is -0.326 e. The number of sulfonamides is 1. The maximum atomic E-state index is 13.9. The van der Waals surface area contributed by atoms with E-state index in [0.29, 0.717) is 19.5 Å². The number of rotatable bonds is 3. The molecule has 3 aromatic rings. The summed E-state index contributed by atoms with van der Waals surface area (Å²) in [6.07, 6.45) is 2.42. The van der Waals surface area contributed by atoms with Crippen molar-refractivity contribution in [3.05, 3.63) is 60.7 Å². The number of fused-ring (bicyclic) bond motifs is 1. The van der Waals surface area contributed by atoms with Crippen LogP contribution in [-0.4, -0.2) is 35.4 Å². The van der Waals surface area contributed by atoms with Gasteiger partial charge in [-0.2, -0.15) is 4.31 Å². The summed E-state index contributed by atoms with van der Waals surface area (Å²) in [5.41, 5.74) is 1.86. The summed E-state index contributed by atoms with van der Waals surface area (Å²) in [4.78, 5) is 4.09. The number of benzene rings is 2. The Morgan fingerprint density at radius 1 is 1.08 bits per heavy atom. The van der Waals surface area contributed by atoms with Gasteiger partial charge >= 0.3 is 0 Å². The highest BCUT2D eigenvalue weighted by Crippen LogP contribution is 2.30. The van der Waals surface area contributed by atoms with Crippen LogP contribution in [0.2, 0.25) is 0 Å². The highest BCUT2D eigenvalue weighted by Gasteiger charge is 2.35. The molecule has 1 aliphatic rings. The number of para-hydroxylation sites is 2. The number of hydrogen-bond acceptors (Lipinski definition) is 3. The van der Waals surface area contributed by atoms with Gasteiger partial charge in [-0.25, -0.2) is 17.8 Å². The average Bonchev–Trinajstić information content (AvgIpc) is 3.22. The van der Waals surface area contributed by atoms with Crippen molar-refractivity contribution in [3.63, 3.8) is 0 Å². The summed E-state index contributed by atoms with van der Waals surface area (Å²) >= 11 is 0. The van der Waals surface area contributed by atoms with Crippen LogP contribution in [-0.2, 0) is 10.0 Å². The van der Waals surface area contributed by atoms with Crippen LogP contribution in [0.1, 0.15) is 12.5 Å². The lowest BCUT2D eigenvalue weighted by atomic mass is 10.2. The Kier molecular flexibility index (Phi) is 3.62. The Labute approximate surface area is 139 Å². The Morgan fingerprint density at radius 3 is 2.67 bits per heavy atom. The van der Waals surface area contributed by atoms with Gasteiger partial charge in [-0.15, -0.1) is 0 Å². The van der Waals surface area contributed by atoms with Crippen LogP contribution >= 0.6 is 0 Å². The molecule has 1 fully saturated rings. The van der Waals surface area contributed by atoms with Crippen molar-refractivity contribution >= 4 is 21.1 Å². The van der Waals surface area contributed by atoms with E-state index < -0.39 is 15.8 Å². The van der Waals surface area contributed by atoms with Crippen LogP contribution in [0.25, 0.3) is 11.0 Å². The largest absolute Gasteiger partial charge is 0.326 e. The summed E-state index contributed by atoms with van der Waals surface area (Å²) in [6.45, 7) is 0.685. The number of aromatic nitrogens is 2. The topological polar surface area (TPSA) is 55.2 Å². The number of halogens is 1. The monoisotopic (exact) mass is 345 g/mol. The minimum atomic E-state index is -3.82. The molecule has 0 N–H and O–H groups in total. The fourth-order valence-electron chi connectivity index (χ4n) is 3.22. The molecule has 0 radical (unpaired) electrons. The summed E-state index contributed by atoms with van der Waals surface area (Å²) in [5.74, 6) is -0.714. The van der Waals surface area contributed by atoms with E-state index in [2.05, 4.69) is 4.98 Å². The van der Waals surface area contributed by atoms with Gasteiger partial charge < -0.3 is 4.57 Å². The van der Waals surface area contributed by atoms with Crippen LogP contribution in [0.3, 0.4) is 0 Å². The molecule has 1 saturated heterocycles. The molecule has 4 rings (SSSR count). The van der Waals surface area contributed by atoms with Gasteiger partial charge in [0.1, 0.15) is 10.7 Å². The Hall–Kier alpha value is -2.25. The van der Waals surface area contributed by atoms with E-state index in [0.717, 1.165) is 11.0 Å². The predicted molar refractivity (Wildman–Crippen MR) is 88.5 cm³/mol. The van der Waals surface area contributed by atoms with Crippen molar-refractivity contribution in [2.75, 3.05) is 13.1 Å². The first-order valence-corrected chi connectivity index (χ1v) is 9.17. The van der Waals surface area contributed by atoms with Crippen molar-refractivity contribution < 1.29 is 12.8 Å². The molecule has 0 saturated carbocycles. The zero-order valence-electron chi connectivity index (χ0n) is 12.8. The van der Waals surface area contributed by atoms with Crippen molar-refractivity contribution in [2.45, 2.75) is 17.4 Å². The van der Waals surface area contributed by atoms with E-state index in [1.54, 1.807) is 6.33 Å². The van der Waals surface area contributed by atoms with Crippen LogP contribution in [0, 0.1) is 5.82 Å². The summed E-state index contributed by atoms with van der Waals surface area (Å²) in [6, 6.07) is 13.2. The van der Waals surface area contributed by atoms with Crippen molar-refractivity contribution in [2.24, 2.45) is 0 Å². The zero-order valence-corrected chi connectivity index (χ0v) is 13.7. The highest BCUT2D eigenvalue weighted by molar-refractivity contribution is 7.89. The van der Waals surface area contributed by atoms with E-state index in [1.165, 1.54) is 28.6 Å². The van der Waals surface area contributed by atoms with E-state index in [-0.39, 0.29) is 10.9 Å². The molecule has 24 heavy (non-hydrogen) atoms. The maximum absolute atomic E-state index is 13.9. The predicted octanol–water partition coefficient (Wildman–Crippen LogP) is 2.81. The molecule has 5 nitrogen and oxygen atoms in total. The van der Waals surface area contributed by atoms with Crippen LogP contribution in [0.4, 0.5) is 4.39 Å². The molecular formula is C17H16FN3O2S. The molecule has 124 valence electrons. The number of imidazole rings is 1. The summed E-state index contributed by atoms with van der Waals surface area (Å²) in [5, 5.41) is 0. The molecule has 1 aliphatic heterocycles. The van der Waals surface area contributed by atoms with Crippen LogP contribution in [0.5, 0.6) is 0 Å². The molecule has 0 bridgehead atoms. The smallest absolute Gasteiger partial charge is 0.246 e. The second kappa shape index (κ2) is 5.68. The number of nitrogens with zero attached hydrogens (tertiary/aromatic N) is 3. The van der Waals surface area contributed by atoms with E-state index in [9.17, 15) is 12.8 Å². The van der Waals surface area contributed by atoms with Gasteiger partial charge in [0.05, 0.1) is 23.4 Å². The quantitative estimate of drug-likeness (QED) is 0.733. The van der Waals surface area contributed by atoms with E-state index >= 15 is 0 Å². The van der Waals surface area contributed by atoms with Gasteiger partial charge in [0, 0.05) is 13.1 Å². The SMILES string of the molecule is O=S(=O)(c1ccccc1F)N1CCC(n2cnc3ccccc32)C1. The standard InChI is InChI=1S/C17H16FN3O2S/c18-14-5-1-4-8-17(14)24(22,23)20-10-9-13(11-20)21-12-19-15-6-2-3-7-16(15)21/h1-8,12-13H,9-11H2. The van der Waals surface area contributed by atoms with Crippen LogP contribution in [0.15, 0.2) is 59.8 Å². The Balaban J connectivity index is 1.64. The maximum Gasteiger partial charge on any atom is 0.246 e. The first-order chi connectivity index (χ1) is 11.6. The third kappa shape index (κ3) is 2.40. The van der Waals surface area contributed by atoms with Gasteiger partial charge in [-0.05, 0) is 30.7 Å². The average molecular weight is 345 g/mol. The first-order valence-electron chi connectivity index (χ1n) is 7.73. The van der Waals surface area contributed by atoms with Gasteiger partial charge in [0.2, 0.25) is 10.0 Å². The molecule has 2 heterocycles. The van der Waals surface area contributed by atoms with Gasteiger partial charge in [-0.1, -0.05) is 24.3 Å². The molecule has 2 aromatic carbocycles. The molecule has 0 aliphatic carbocycles. The molecule has 0 spiro atoms. The second-order valence-corrected chi connectivity index (χ2v) is 7.78. The van der Waals surface area contributed by atoms with Crippen molar-refractivity contribution in [3.8, 4) is 0 Å². The third-order valence-electron chi connectivity index (χ3n) is 4.46. The molecule has 1 atom stereocenters. The third-order valence-corrected chi connectivity index (χ3v) is 6.35. The summed E-state index contributed by atoms with van der Waals surface area (Å²) < 4.78 is 42.6. The van der Waals surface area contributed by atoms with Gasteiger partial charge in [-0.3, -0.25) is 0 Å². The van der Waals surface area contributed by atoms with Crippen LogP contribution < -0.4 is 0 Å². The molecule has 7 heteroatoms. The molecule has 1 aromatic heterocycles. The minimum absolute atomic E-state index is 0.000974. The van der Waals surface area contributed by atoms with Crippen molar-refractivity contribution in [1.82, 2.24) is 13.9 Å². The lowest BCUT2D eigenvalue weighted by molar-refractivity contribution is 0.449. The Morgan fingerprint density at radius 2 is 1.83 bits per heavy atom. The molecule has 1 unspecified atom stereocenters. The molecule has 0 amide bonds. The highest BCUT2D eigenvalue weighted by atomic mass is 32.2. The van der Waals surface area contributed by atoms with E-state index in [4.69, 9.17) is 0 Å². The van der Waals surface area contributed by atoms with Gasteiger partial charge in [0.15, 0.2) is 0 Å². The van der Waals surface area contributed by atoms with Gasteiger partial charge in [0.25, 0.3) is 0 Å². The van der Waals surface area contributed by atoms with Crippen molar-refractivity contribution in [1.29, 1.82) is 0 Å². The lowest BCUT2D eigenvalue weighted by Gasteiger charge is -2.18. The zero-order chi connectivity index (χ0) is 16.7. The normalized spacial score (nSPS) is 19.1. The lowest BCUT2D eigenvalue weighted by Crippen LogP contribution is -2.29. The molecular weight excluding hydrogens is 329 g/mol. The second-order valence-electron chi connectivity index (χ2n) is 5.88. The fourth-order valence-corrected chi connectivity index (χ4v) is 4.78. The fraction of sp³-hybridized carbons (Fsp3) is 0.235.